The number of carboxylic acid groups (broad SMARTS) is 1. The third-order valence-electron chi connectivity index (χ3n) is 7.89. The van der Waals surface area contributed by atoms with E-state index in [0.717, 1.165) is 6.07 Å². The lowest BCUT2D eigenvalue weighted by Crippen LogP contribution is -2.71. The Morgan fingerprint density at radius 1 is 1.10 bits per heavy atom. The molecule has 214 valence electrons. The smallest absolute Gasteiger partial charge is 0.323 e. The first-order valence-corrected chi connectivity index (χ1v) is 13.6. The molecular formula is C27H28Cl2FN3O7. The number of ether oxygens (including phenoxy) is 2. The van der Waals surface area contributed by atoms with Crippen LogP contribution in [0.2, 0.25) is 10.0 Å². The van der Waals surface area contributed by atoms with E-state index in [1.165, 1.54) is 17.0 Å². The van der Waals surface area contributed by atoms with Crippen molar-refractivity contribution in [1.29, 1.82) is 0 Å². The number of carboxylic acids is 1. The predicted octanol–water partition coefficient (Wildman–Crippen LogP) is 2.91. The van der Waals surface area contributed by atoms with Crippen molar-refractivity contribution in [2.75, 3.05) is 24.6 Å². The molecule has 0 radical (unpaired) electrons. The van der Waals surface area contributed by atoms with Crippen LogP contribution in [0.5, 0.6) is 11.5 Å². The van der Waals surface area contributed by atoms with Crippen LogP contribution in [0.25, 0.3) is 0 Å². The van der Waals surface area contributed by atoms with Crippen molar-refractivity contribution in [1.82, 2.24) is 10.6 Å². The molecule has 2 bridgehead atoms. The van der Waals surface area contributed by atoms with Gasteiger partial charge >= 0.3 is 5.97 Å². The molecule has 2 aromatic carbocycles. The van der Waals surface area contributed by atoms with Crippen molar-refractivity contribution >= 4 is 46.7 Å². The monoisotopic (exact) mass is 595 g/mol. The van der Waals surface area contributed by atoms with E-state index < -0.39 is 46.9 Å². The number of benzene rings is 2. The molecule has 0 saturated heterocycles. The van der Waals surface area contributed by atoms with Gasteiger partial charge in [-0.05, 0) is 62.4 Å². The molecule has 3 saturated carbocycles. The number of halogens is 3. The average Bonchev–Trinajstić information content (AvgIpc) is 2.90. The molecule has 40 heavy (non-hydrogen) atoms. The zero-order chi connectivity index (χ0) is 28.7. The van der Waals surface area contributed by atoms with Crippen LogP contribution in [0.3, 0.4) is 0 Å². The zero-order valence-corrected chi connectivity index (χ0v) is 22.8. The molecular weight excluding hydrogens is 568 g/mol. The quantitative estimate of drug-likeness (QED) is 0.365. The Morgan fingerprint density at radius 2 is 1.85 bits per heavy atom. The number of rotatable bonds is 8. The Hall–Kier alpha value is -3.28. The van der Waals surface area contributed by atoms with Crippen LogP contribution in [0.4, 0.5) is 10.1 Å². The lowest BCUT2D eigenvalue weighted by Gasteiger charge is -2.56. The molecule has 13 heteroatoms. The van der Waals surface area contributed by atoms with Gasteiger partial charge in [-0.3, -0.25) is 14.4 Å². The number of aliphatic hydroxyl groups is 1. The van der Waals surface area contributed by atoms with Crippen molar-refractivity contribution < 1.29 is 38.5 Å². The van der Waals surface area contributed by atoms with Crippen molar-refractivity contribution in [3.63, 3.8) is 0 Å². The second kappa shape index (κ2) is 10.9. The number of hydrogen-bond donors (Lipinski definition) is 4. The first kappa shape index (κ1) is 28.3. The van der Waals surface area contributed by atoms with E-state index in [4.69, 9.17) is 32.7 Å². The largest absolute Gasteiger partial charge is 0.484 e. The zero-order valence-electron chi connectivity index (χ0n) is 21.3. The Bertz CT molecular complexity index is 1340. The van der Waals surface area contributed by atoms with Crippen LogP contribution >= 0.6 is 23.2 Å². The lowest BCUT2D eigenvalue weighted by molar-refractivity contribution is -0.139. The van der Waals surface area contributed by atoms with E-state index in [0.29, 0.717) is 42.1 Å². The van der Waals surface area contributed by atoms with E-state index in [-0.39, 0.29) is 36.9 Å². The van der Waals surface area contributed by atoms with E-state index in [9.17, 15) is 29.0 Å². The highest BCUT2D eigenvalue weighted by atomic mass is 35.5. The van der Waals surface area contributed by atoms with E-state index in [2.05, 4.69) is 10.6 Å². The number of anilines is 1. The lowest BCUT2D eigenvalue weighted by atomic mass is 9.60. The average molecular weight is 596 g/mol. The van der Waals surface area contributed by atoms with Gasteiger partial charge in [0.2, 0.25) is 0 Å². The number of carbonyl (C=O) groups is 3. The first-order chi connectivity index (χ1) is 19.0. The number of aliphatic carboxylic acids is 1. The third-order valence-corrected chi connectivity index (χ3v) is 8.44. The van der Waals surface area contributed by atoms with Gasteiger partial charge in [0.15, 0.2) is 12.7 Å². The summed E-state index contributed by atoms with van der Waals surface area (Å²) in [7, 11) is 0. The number of amides is 2. The fourth-order valence-corrected chi connectivity index (χ4v) is 6.09. The highest BCUT2D eigenvalue weighted by Gasteiger charge is 2.55. The maximum absolute atomic E-state index is 13.6. The van der Waals surface area contributed by atoms with Crippen molar-refractivity contribution in [2.45, 2.75) is 55.4 Å². The Balaban J connectivity index is 1.19. The summed E-state index contributed by atoms with van der Waals surface area (Å²) in [6.45, 7) is -0.680. The summed E-state index contributed by atoms with van der Waals surface area (Å²) >= 11 is 11.7. The Labute approximate surface area is 239 Å². The van der Waals surface area contributed by atoms with Crippen molar-refractivity contribution in [3.8, 4) is 11.5 Å². The molecule has 3 fully saturated rings. The van der Waals surface area contributed by atoms with Crippen LogP contribution in [0, 0.1) is 5.82 Å². The second-order valence-corrected chi connectivity index (χ2v) is 11.4. The second-order valence-electron chi connectivity index (χ2n) is 10.6. The summed E-state index contributed by atoms with van der Waals surface area (Å²) < 4.78 is 24.9. The van der Waals surface area contributed by atoms with Gasteiger partial charge in [-0.25, -0.2) is 4.39 Å². The van der Waals surface area contributed by atoms with Crippen LogP contribution in [-0.2, 0) is 14.4 Å². The minimum Gasteiger partial charge on any atom is -0.484 e. The van der Waals surface area contributed by atoms with Gasteiger partial charge in [-0.15, -0.1) is 0 Å². The van der Waals surface area contributed by atoms with Gasteiger partial charge in [-0.2, -0.15) is 0 Å². The number of aliphatic hydroxyl groups excluding tert-OH is 1. The van der Waals surface area contributed by atoms with Gasteiger partial charge in [0.05, 0.1) is 28.9 Å². The molecule has 0 unspecified atom stereocenters. The minimum atomic E-state index is -1.06. The molecule has 0 aromatic heterocycles. The Morgan fingerprint density at radius 3 is 2.52 bits per heavy atom. The highest BCUT2D eigenvalue weighted by Crippen LogP contribution is 2.47. The molecule has 2 aromatic rings. The summed E-state index contributed by atoms with van der Waals surface area (Å²) in [6, 6.07) is 8.67. The maximum atomic E-state index is 13.6. The third kappa shape index (κ3) is 5.77. The minimum absolute atomic E-state index is 0.0155. The van der Waals surface area contributed by atoms with Crippen LogP contribution in [0.15, 0.2) is 36.4 Å². The summed E-state index contributed by atoms with van der Waals surface area (Å²) in [4.78, 5) is 39.0. The molecule has 10 nitrogen and oxygen atoms in total. The summed E-state index contributed by atoms with van der Waals surface area (Å²) in [6.07, 6.45) is 0.198. The highest BCUT2D eigenvalue weighted by molar-refractivity contribution is 6.31. The fraction of sp³-hybridized carbons (Fsp3) is 0.444. The number of nitrogens with zero attached hydrogens (tertiary/aromatic N) is 1. The molecule has 3 aliphatic carbocycles. The van der Waals surface area contributed by atoms with Gasteiger partial charge in [0, 0.05) is 16.6 Å². The normalized spacial score (nSPS) is 26.9. The van der Waals surface area contributed by atoms with Gasteiger partial charge in [0.25, 0.3) is 11.8 Å². The number of fused-ring (bicyclic) bond motifs is 4. The van der Waals surface area contributed by atoms with Crippen molar-refractivity contribution in [2.24, 2.45) is 0 Å². The summed E-state index contributed by atoms with van der Waals surface area (Å²) in [5.41, 5.74) is -1.06. The summed E-state index contributed by atoms with van der Waals surface area (Å²) in [5, 5.41) is 26.7. The Kier molecular flexibility index (Phi) is 7.73. The maximum Gasteiger partial charge on any atom is 0.323 e. The first-order valence-electron chi connectivity index (χ1n) is 12.8. The molecule has 2 amide bonds. The standard InChI is InChI=1S/C27H28Cl2FN3O7/c28-15-1-4-20-19(9-15)33(13-24(36)37)12-21(40-20)25(38)32-26-5-7-27(8-6-26,22(34)11-26)31-23(35)14-39-16-2-3-17(29)18(30)10-16/h1-4,9-10,21-22,34H,5-8,11-14H2,(H,31,35)(H,32,38)(H,36,37)/t21-,22+,26?,27?/m1/s1. The van der Waals surface area contributed by atoms with Gasteiger partial charge in [-0.1, -0.05) is 23.2 Å². The molecule has 4 aliphatic rings. The van der Waals surface area contributed by atoms with E-state index >= 15 is 0 Å². The molecule has 2 atom stereocenters. The number of nitrogens with one attached hydrogen (secondary N) is 2. The molecule has 1 heterocycles. The van der Waals surface area contributed by atoms with Gasteiger partial charge < -0.3 is 35.2 Å². The van der Waals surface area contributed by atoms with Crippen molar-refractivity contribution in [3.05, 3.63) is 52.3 Å². The number of carbonyl (C=O) groups excluding carboxylic acids is 2. The topological polar surface area (TPSA) is 137 Å². The number of hydrogen-bond acceptors (Lipinski definition) is 7. The van der Waals surface area contributed by atoms with Crippen LogP contribution in [0.1, 0.15) is 32.1 Å². The van der Waals surface area contributed by atoms with E-state index in [1.54, 1.807) is 18.2 Å². The van der Waals surface area contributed by atoms with E-state index in [1.807, 2.05) is 0 Å². The SMILES string of the molecule is O=C(O)CN1C[C@H](C(=O)NC23CCC(NC(=O)COc4ccc(Cl)c(F)c4)(CC2)[C@@H](O)C3)Oc2ccc(Cl)cc21. The van der Waals surface area contributed by atoms with Crippen LogP contribution < -0.4 is 25.0 Å². The van der Waals surface area contributed by atoms with Crippen LogP contribution in [-0.4, -0.2) is 71.0 Å². The molecule has 6 rings (SSSR count). The molecule has 4 N–H and O–H groups in total. The summed E-state index contributed by atoms with van der Waals surface area (Å²) in [5.74, 6) is -2.08. The fourth-order valence-electron chi connectivity index (χ4n) is 5.81. The molecule has 1 aliphatic heterocycles. The molecule has 0 spiro atoms. The predicted molar refractivity (Wildman–Crippen MR) is 143 cm³/mol. The van der Waals surface area contributed by atoms with Gasteiger partial charge in [0.1, 0.15) is 23.9 Å².